The third kappa shape index (κ3) is 5.06. The van der Waals surface area contributed by atoms with Crippen LogP contribution in [0.5, 0.6) is 0 Å². The van der Waals surface area contributed by atoms with Gasteiger partial charge in [-0.1, -0.05) is 6.07 Å². The van der Waals surface area contributed by atoms with Gasteiger partial charge in [0.15, 0.2) is 6.10 Å². The Kier molecular flexibility index (Phi) is 5.86. The smallest absolute Gasteiger partial charge is 0.331 e. The van der Waals surface area contributed by atoms with Gasteiger partial charge < -0.3 is 15.8 Å². The summed E-state index contributed by atoms with van der Waals surface area (Å²) < 4.78 is 5.04. The van der Waals surface area contributed by atoms with Crippen LogP contribution in [0.3, 0.4) is 0 Å². The number of hydrogen-bond donors (Lipinski definition) is 2. The van der Waals surface area contributed by atoms with Crippen molar-refractivity contribution < 1.29 is 19.1 Å². The maximum Gasteiger partial charge on any atom is 0.331 e. The average molecular weight is 344 g/mol. The zero-order chi connectivity index (χ0) is 17.5. The van der Waals surface area contributed by atoms with Gasteiger partial charge in [-0.05, 0) is 48.7 Å². The van der Waals surface area contributed by atoms with Crippen molar-refractivity contribution in [1.29, 1.82) is 0 Å². The minimum Gasteiger partial charge on any atom is -0.449 e. The minimum atomic E-state index is -0.957. The Labute approximate surface area is 142 Å². The van der Waals surface area contributed by atoms with Crippen molar-refractivity contribution >= 4 is 40.9 Å². The van der Waals surface area contributed by atoms with E-state index in [2.05, 4.69) is 5.32 Å². The van der Waals surface area contributed by atoms with Gasteiger partial charge in [0.2, 0.25) is 5.91 Å². The van der Waals surface area contributed by atoms with Crippen LogP contribution in [0.4, 0.5) is 5.69 Å². The second kappa shape index (κ2) is 8.07. The monoisotopic (exact) mass is 344 g/mol. The van der Waals surface area contributed by atoms with E-state index < -0.39 is 23.9 Å². The molecule has 0 aliphatic carbocycles. The molecule has 0 aliphatic heterocycles. The highest BCUT2D eigenvalue weighted by atomic mass is 32.1. The van der Waals surface area contributed by atoms with Crippen LogP contribution in [0.25, 0.3) is 6.08 Å². The van der Waals surface area contributed by atoms with Crippen molar-refractivity contribution in [2.24, 2.45) is 5.73 Å². The van der Waals surface area contributed by atoms with Gasteiger partial charge in [-0.15, -0.1) is 11.3 Å². The van der Waals surface area contributed by atoms with Gasteiger partial charge in [-0.25, -0.2) is 4.79 Å². The first-order chi connectivity index (χ1) is 11.5. The molecular formula is C17H16N2O4S. The molecule has 0 bridgehead atoms. The third-order valence-corrected chi connectivity index (χ3v) is 3.86. The number of carbonyl (C=O) groups excluding carboxylic acids is 3. The number of thiophene rings is 1. The van der Waals surface area contributed by atoms with E-state index >= 15 is 0 Å². The molecule has 2 amide bonds. The van der Waals surface area contributed by atoms with Crippen molar-refractivity contribution in [3.63, 3.8) is 0 Å². The summed E-state index contributed by atoms with van der Waals surface area (Å²) in [6.45, 7) is 1.48. The Hall–Kier alpha value is -2.93. The Balaban J connectivity index is 1.87. The number of hydrogen-bond acceptors (Lipinski definition) is 5. The molecule has 6 nitrogen and oxygen atoms in total. The molecule has 0 saturated heterocycles. The molecule has 124 valence electrons. The van der Waals surface area contributed by atoms with Crippen LogP contribution < -0.4 is 11.1 Å². The highest BCUT2D eigenvalue weighted by molar-refractivity contribution is 7.10. The molecule has 0 fully saturated rings. The first kappa shape index (κ1) is 17.4. The molecule has 0 saturated carbocycles. The van der Waals surface area contributed by atoms with Crippen molar-refractivity contribution in [1.82, 2.24) is 0 Å². The van der Waals surface area contributed by atoms with E-state index in [0.29, 0.717) is 11.3 Å². The summed E-state index contributed by atoms with van der Waals surface area (Å²) in [4.78, 5) is 35.6. The van der Waals surface area contributed by atoms with Crippen LogP contribution in [0.2, 0.25) is 0 Å². The van der Waals surface area contributed by atoms with Crippen LogP contribution in [-0.4, -0.2) is 23.9 Å². The third-order valence-electron chi connectivity index (χ3n) is 3.03. The summed E-state index contributed by atoms with van der Waals surface area (Å²) in [5.74, 6) is -1.62. The molecule has 1 aromatic carbocycles. The molecular weight excluding hydrogens is 328 g/mol. The van der Waals surface area contributed by atoms with E-state index in [1.807, 2.05) is 17.5 Å². The molecule has 2 rings (SSSR count). The predicted molar refractivity (Wildman–Crippen MR) is 92.5 cm³/mol. The normalized spacial score (nSPS) is 11.9. The molecule has 1 unspecified atom stereocenters. The molecule has 0 spiro atoms. The highest BCUT2D eigenvalue weighted by Gasteiger charge is 2.16. The largest absolute Gasteiger partial charge is 0.449 e. The lowest BCUT2D eigenvalue weighted by Crippen LogP contribution is -2.29. The molecule has 2 aromatic rings. The fourth-order valence-corrected chi connectivity index (χ4v) is 2.38. The molecule has 3 N–H and O–H groups in total. The van der Waals surface area contributed by atoms with E-state index in [4.69, 9.17) is 10.5 Å². The average Bonchev–Trinajstić information content (AvgIpc) is 3.06. The Morgan fingerprint density at radius 3 is 2.50 bits per heavy atom. The second-order valence-electron chi connectivity index (χ2n) is 4.86. The summed E-state index contributed by atoms with van der Waals surface area (Å²) in [7, 11) is 0. The zero-order valence-corrected chi connectivity index (χ0v) is 13.7. The van der Waals surface area contributed by atoms with E-state index in [1.165, 1.54) is 36.5 Å². The lowest BCUT2D eigenvalue weighted by atomic mass is 10.2. The van der Waals surface area contributed by atoms with Crippen LogP contribution in [0.15, 0.2) is 47.9 Å². The molecule has 0 radical (unpaired) electrons. The van der Waals surface area contributed by atoms with Gasteiger partial charge in [0.05, 0.1) is 0 Å². The van der Waals surface area contributed by atoms with Gasteiger partial charge >= 0.3 is 5.97 Å². The van der Waals surface area contributed by atoms with E-state index in [0.717, 1.165) is 4.88 Å². The summed E-state index contributed by atoms with van der Waals surface area (Å²) in [5, 5.41) is 4.49. The maximum atomic E-state index is 12.0. The van der Waals surface area contributed by atoms with Gasteiger partial charge in [0.25, 0.3) is 5.91 Å². The zero-order valence-electron chi connectivity index (χ0n) is 12.9. The Morgan fingerprint density at radius 2 is 1.92 bits per heavy atom. The first-order valence-corrected chi connectivity index (χ1v) is 7.96. The van der Waals surface area contributed by atoms with Crippen molar-refractivity contribution in [3.8, 4) is 0 Å². The fourth-order valence-electron chi connectivity index (χ4n) is 1.77. The van der Waals surface area contributed by atoms with Crippen molar-refractivity contribution in [2.75, 3.05) is 5.32 Å². The number of amides is 2. The molecule has 7 heteroatoms. The number of anilines is 1. The van der Waals surface area contributed by atoms with Gasteiger partial charge in [0.1, 0.15) is 0 Å². The summed E-state index contributed by atoms with van der Waals surface area (Å²) >= 11 is 1.49. The van der Waals surface area contributed by atoms with Gasteiger partial charge in [-0.2, -0.15) is 0 Å². The number of ether oxygens (including phenoxy) is 1. The van der Waals surface area contributed by atoms with E-state index in [1.54, 1.807) is 18.2 Å². The quantitative estimate of drug-likeness (QED) is 0.621. The lowest BCUT2D eigenvalue weighted by molar-refractivity contribution is -0.148. The van der Waals surface area contributed by atoms with E-state index in [-0.39, 0.29) is 0 Å². The maximum absolute atomic E-state index is 12.0. The first-order valence-electron chi connectivity index (χ1n) is 7.08. The SMILES string of the molecule is CC(OC(=O)C=Cc1cccs1)C(=O)Nc1ccc(C(N)=O)cc1. The molecule has 1 heterocycles. The number of nitrogens with one attached hydrogen (secondary N) is 1. The number of nitrogens with two attached hydrogens (primary N) is 1. The number of esters is 1. The van der Waals surface area contributed by atoms with E-state index in [9.17, 15) is 14.4 Å². The second-order valence-corrected chi connectivity index (χ2v) is 5.84. The number of carbonyl (C=O) groups is 3. The lowest BCUT2D eigenvalue weighted by Gasteiger charge is -2.12. The van der Waals surface area contributed by atoms with Crippen molar-refractivity contribution in [3.05, 3.63) is 58.3 Å². The fraction of sp³-hybridized carbons (Fsp3) is 0.118. The van der Waals surface area contributed by atoms with Crippen LogP contribution >= 0.6 is 11.3 Å². The molecule has 1 aromatic heterocycles. The molecule has 24 heavy (non-hydrogen) atoms. The van der Waals surface area contributed by atoms with Crippen molar-refractivity contribution in [2.45, 2.75) is 13.0 Å². The number of benzene rings is 1. The van der Waals surface area contributed by atoms with Crippen LogP contribution in [0, 0.1) is 0 Å². The van der Waals surface area contributed by atoms with Crippen LogP contribution in [-0.2, 0) is 14.3 Å². The van der Waals surface area contributed by atoms with Gasteiger partial charge in [-0.3, -0.25) is 9.59 Å². The number of rotatable bonds is 6. The highest BCUT2D eigenvalue weighted by Crippen LogP contribution is 2.12. The molecule has 0 aliphatic rings. The Morgan fingerprint density at radius 1 is 1.21 bits per heavy atom. The standard InChI is InChI=1S/C17H16N2O4S/c1-11(23-15(20)9-8-14-3-2-10-24-14)17(22)19-13-6-4-12(5-7-13)16(18)21/h2-11H,1H3,(H2,18,21)(H,19,22). The summed E-state index contributed by atoms with van der Waals surface area (Å²) in [6.07, 6.45) is 1.94. The summed E-state index contributed by atoms with van der Waals surface area (Å²) in [6, 6.07) is 9.82. The minimum absolute atomic E-state index is 0.339. The molecule has 1 atom stereocenters. The topological polar surface area (TPSA) is 98.5 Å². The van der Waals surface area contributed by atoms with Gasteiger partial charge in [0, 0.05) is 22.2 Å². The Bertz CT molecular complexity index is 751. The predicted octanol–water partition coefficient (Wildman–Crippen LogP) is 2.43. The summed E-state index contributed by atoms with van der Waals surface area (Å²) in [5.41, 5.74) is 5.96. The van der Waals surface area contributed by atoms with Crippen LogP contribution in [0.1, 0.15) is 22.2 Å². The number of primary amides is 1.